The van der Waals surface area contributed by atoms with Crippen LogP contribution in [0.15, 0.2) is 47.1 Å². The van der Waals surface area contributed by atoms with Crippen LogP contribution in [0.2, 0.25) is 0 Å². The molecule has 1 saturated heterocycles. The minimum atomic E-state index is -4.79. The summed E-state index contributed by atoms with van der Waals surface area (Å²) < 4.78 is 54.7. The summed E-state index contributed by atoms with van der Waals surface area (Å²) in [7, 11) is 0. The van der Waals surface area contributed by atoms with E-state index in [4.69, 9.17) is 10.1 Å². The van der Waals surface area contributed by atoms with E-state index in [9.17, 15) is 22.7 Å². The van der Waals surface area contributed by atoms with Gasteiger partial charge in [0.05, 0.1) is 23.3 Å². The number of allylic oxidation sites excluding steroid dienone is 2. The average molecular weight is 517 g/mol. The third-order valence-corrected chi connectivity index (χ3v) is 6.90. The molecular formula is C26H28F4N6O. The monoisotopic (exact) mass is 516 g/mol. The summed E-state index contributed by atoms with van der Waals surface area (Å²) in [5.41, 5.74) is 4.81. The number of aliphatic imine (C=N–C) groups is 1. The number of rotatable bonds is 4. The van der Waals surface area contributed by atoms with E-state index in [1.807, 2.05) is 49.1 Å². The Hall–Kier alpha value is -3.34. The van der Waals surface area contributed by atoms with Crippen LogP contribution in [0.5, 0.6) is 0 Å². The van der Waals surface area contributed by atoms with Crippen LogP contribution in [0.4, 0.5) is 17.6 Å². The summed E-state index contributed by atoms with van der Waals surface area (Å²) in [5.74, 6) is 0.192. The van der Waals surface area contributed by atoms with Crippen LogP contribution in [0.1, 0.15) is 31.2 Å². The lowest BCUT2D eigenvalue weighted by molar-refractivity contribution is -0.199. The molecule has 196 valence electrons. The number of aliphatic hydroxyl groups is 1. The number of aliphatic hydroxyl groups excluding tert-OH is 1. The molecule has 3 atom stereocenters. The molecule has 1 N–H and O–H groups in total. The highest BCUT2D eigenvalue weighted by molar-refractivity contribution is 5.96. The van der Waals surface area contributed by atoms with Crippen molar-refractivity contribution in [2.75, 3.05) is 19.6 Å². The summed E-state index contributed by atoms with van der Waals surface area (Å²) in [4.78, 5) is 15.5. The molecule has 3 aromatic rings. The molecule has 1 aromatic carbocycles. The minimum Gasteiger partial charge on any atom is -0.382 e. The Morgan fingerprint density at radius 1 is 1.16 bits per heavy atom. The summed E-state index contributed by atoms with van der Waals surface area (Å²) in [5, 5.41) is 14.3. The van der Waals surface area contributed by atoms with Crippen molar-refractivity contribution in [2.24, 2.45) is 10.9 Å². The maximum absolute atomic E-state index is 14.0. The van der Waals surface area contributed by atoms with Crippen LogP contribution in [-0.2, 0) is 6.42 Å². The lowest BCUT2D eigenvalue weighted by Gasteiger charge is -2.29. The molecule has 2 aliphatic rings. The summed E-state index contributed by atoms with van der Waals surface area (Å²) in [6.07, 6.45) is -4.94. The molecule has 0 amide bonds. The smallest absolute Gasteiger partial charge is 0.382 e. The zero-order chi connectivity index (χ0) is 26.3. The zero-order valence-corrected chi connectivity index (χ0v) is 20.6. The number of fused-ring (bicyclic) bond motifs is 2. The Bertz CT molecular complexity index is 1360. The molecule has 5 rings (SSSR count). The van der Waals surface area contributed by atoms with E-state index in [2.05, 4.69) is 9.98 Å². The lowest BCUT2D eigenvalue weighted by Crippen LogP contribution is -2.33. The van der Waals surface area contributed by atoms with Crippen molar-refractivity contribution in [3.8, 4) is 11.4 Å². The van der Waals surface area contributed by atoms with Crippen molar-refractivity contribution in [3.63, 3.8) is 0 Å². The van der Waals surface area contributed by atoms with Gasteiger partial charge in [0.25, 0.3) is 0 Å². The summed E-state index contributed by atoms with van der Waals surface area (Å²) >= 11 is 0. The number of para-hydroxylation sites is 2. The molecule has 0 radical (unpaired) electrons. The fourth-order valence-corrected chi connectivity index (χ4v) is 4.84. The first-order valence-electron chi connectivity index (χ1n) is 12.3. The number of alkyl halides is 4. The first-order valence-corrected chi connectivity index (χ1v) is 12.3. The second-order valence-electron chi connectivity index (χ2n) is 9.68. The molecule has 7 nitrogen and oxygen atoms in total. The van der Waals surface area contributed by atoms with Gasteiger partial charge in [0.1, 0.15) is 17.6 Å². The Balaban J connectivity index is 1.60. The van der Waals surface area contributed by atoms with Crippen molar-refractivity contribution < 1.29 is 22.7 Å². The molecular weight excluding hydrogens is 488 g/mol. The van der Waals surface area contributed by atoms with Gasteiger partial charge in [0.15, 0.2) is 11.9 Å². The lowest BCUT2D eigenvalue weighted by atomic mass is 9.97. The quantitative estimate of drug-likeness (QED) is 0.518. The van der Waals surface area contributed by atoms with Crippen LogP contribution in [0.25, 0.3) is 22.4 Å². The van der Waals surface area contributed by atoms with Gasteiger partial charge in [-0.15, -0.1) is 0 Å². The van der Waals surface area contributed by atoms with Gasteiger partial charge >= 0.3 is 6.18 Å². The van der Waals surface area contributed by atoms with E-state index in [1.165, 1.54) is 4.68 Å². The van der Waals surface area contributed by atoms with Gasteiger partial charge in [0.2, 0.25) is 0 Å². The topological polar surface area (TPSA) is 79.4 Å². The van der Waals surface area contributed by atoms with E-state index >= 15 is 0 Å². The predicted molar refractivity (Wildman–Crippen MR) is 132 cm³/mol. The van der Waals surface area contributed by atoms with E-state index in [0.29, 0.717) is 42.0 Å². The number of aryl methyl sites for hydroxylation is 2. The minimum absolute atomic E-state index is 0.0253. The number of likely N-dealkylation sites (tertiary alicyclic amines) is 1. The van der Waals surface area contributed by atoms with Crippen molar-refractivity contribution >= 4 is 16.9 Å². The fourth-order valence-electron chi connectivity index (χ4n) is 4.84. The largest absolute Gasteiger partial charge is 0.416 e. The van der Waals surface area contributed by atoms with Gasteiger partial charge in [-0.2, -0.15) is 18.3 Å². The number of aromatic nitrogens is 4. The van der Waals surface area contributed by atoms with Gasteiger partial charge in [-0.3, -0.25) is 4.99 Å². The molecule has 0 bridgehead atoms. The molecule has 2 aromatic heterocycles. The zero-order valence-electron chi connectivity index (χ0n) is 20.6. The highest BCUT2D eigenvalue weighted by Crippen LogP contribution is 2.30. The highest BCUT2D eigenvalue weighted by atomic mass is 19.4. The van der Waals surface area contributed by atoms with Crippen molar-refractivity contribution in [2.45, 2.75) is 51.6 Å². The first-order chi connectivity index (χ1) is 17.6. The number of hydrogen-bond acceptors (Lipinski definition) is 6. The third kappa shape index (κ3) is 5.22. The van der Waals surface area contributed by atoms with Crippen molar-refractivity contribution in [3.05, 3.63) is 53.5 Å². The van der Waals surface area contributed by atoms with E-state index in [-0.39, 0.29) is 18.3 Å². The second kappa shape index (κ2) is 9.85. The normalized spacial score (nSPS) is 24.0. The van der Waals surface area contributed by atoms with Crippen molar-refractivity contribution in [1.29, 1.82) is 0 Å². The molecule has 0 aliphatic carbocycles. The molecule has 11 heteroatoms. The van der Waals surface area contributed by atoms with Crippen LogP contribution in [-0.4, -0.2) is 73.7 Å². The van der Waals surface area contributed by atoms with E-state index < -0.39 is 25.0 Å². The SMILES string of the molecule is Cc1nc2ccccc2nc1-c1cc2n(n1)C(=NCC(O)C(F)(F)F)/C=C(/N1CCC(F)C1)C(C)CC2. The standard InChI is InChI=1S/C26H28F4N6O/c1-15-7-8-18-11-21(25-16(2)32-19-5-3-4-6-20(19)33-25)34-36(18)24(31-13-23(37)26(28,29)30)12-22(15)35-10-9-17(27)14-35/h3-6,11-12,15,17,23,37H,7-10,13-14H2,1-2H3/b22-12+,31-24?. The van der Waals surface area contributed by atoms with Gasteiger partial charge in [0, 0.05) is 30.6 Å². The van der Waals surface area contributed by atoms with E-state index in [1.54, 1.807) is 6.08 Å². The van der Waals surface area contributed by atoms with Gasteiger partial charge in [-0.05, 0) is 50.3 Å². The Morgan fingerprint density at radius 2 is 1.89 bits per heavy atom. The summed E-state index contributed by atoms with van der Waals surface area (Å²) in [6, 6.07) is 9.34. The molecule has 0 saturated carbocycles. The molecule has 3 unspecified atom stereocenters. The molecule has 37 heavy (non-hydrogen) atoms. The van der Waals surface area contributed by atoms with Crippen molar-refractivity contribution in [1.82, 2.24) is 24.6 Å². The molecule has 2 aliphatic heterocycles. The van der Waals surface area contributed by atoms with E-state index in [0.717, 1.165) is 23.3 Å². The van der Waals surface area contributed by atoms with Crippen LogP contribution >= 0.6 is 0 Å². The summed E-state index contributed by atoms with van der Waals surface area (Å²) in [6.45, 7) is 3.75. The number of nitrogens with zero attached hydrogens (tertiary/aromatic N) is 6. The van der Waals surface area contributed by atoms with Gasteiger partial charge in [-0.25, -0.2) is 19.0 Å². The Kier molecular flexibility index (Phi) is 6.74. The fraction of sp³-hybridized carbons (Fsp3) is 0.462. The van der Waals surface area contributed by atoms with Crippen LogP contribution < -0.4 is 0 Å². The Morgan fingerprint density at radius 3 is 2.57 bits per heavy atom. The van der Waals surface area contributed by atoms with Gasteiger partial charge in [-0.1, -0.05) is 19.1 Å². The molecule has 1 fully saturated rings. The first kappa shape index (κ1) is 25.3. The second-order valence-corrected chi connectivity index (χ2v) is 9.68. The number of hydrogen-bond donors (Lipinski definition) is 1. The molecule has 4 heterocycles. The third-order valence-electron chi connectivity index (χ3n) is 6.90. The Labute approximate surface area is 211 Å². The number of benzene rings is 1. The number of halogens is 4. The maximum Gasteiger partial charge on any atom is 0.416 e. The average Bonchev–Trinajstić information content (AvgIpc) is 3.46. The van der Waals surface area contributed by atoms with Crippen LogP contribution in [0, 0.1) is 12.8 Å². The highest BCUT2D eigenvalue weighted by Gasteiger charge is 2.38. The molecule has 0 spiro atoms. The van der Waals surface area contributed by atoms with Crippen LogP contribution in [0.3, 0.4) is 0 Å². The van der Waals surface area contributed by atoms with Gasteiger partial charge < -0.3 is 10.0 Å². The predicted octanol–water partition coefficient (Wildman–Crippen LogP) is 4.48. The maximum atomic E-state index is 14.0.